The highest BCUT2D eigenvalue weighted by Gasteiger charge is 2.09. The van der Waals surface area contributed by atoms with Crippen molar-refractivity contribution in [3.63, 3.8) is 0 Å². The number of nitrogens with zero attached hydrogens (tertiary/aromatic N) is 6. The molecule has 7 rings (SSSR count). The zero-order chi connectivity index (χ0) is 29.4. The topological polar surface area (TPSA) is 72.4 Å². The molecule has 0 saturated heterocycles. The van der Waals surface area contributed by atoms with Crippen molar-refractivity contribution in [3.05, 3.63) is 143 Å². The molecule has 7 aromatic rings. The number of benzene rings is 3. The van der Waals surface area contributed by atoms with Crippen LogP contribution in [0.1, 0.15) is 11.1 Å². The Labute approximate surface area is 267 Å². The number of halogens is 2. The molecule has 0 atom stereocenters. The molecule has 11 heteroatoms. The average molecular weight is 643 g/mol. The third kappa shape index (κ3) is 7.69. The van der Waals surface area contributed by atoms with Gasteiger partial charge in [-0.1, -0.05) is 89.9 Å². The van der Waals surface area contributed by atoms with Gasteiger partial charge in [-0.2, -0.15) is 10.2 Å². The summed E-state index contributed by atoms with van der Waals surface area (Å²) in [4.78, 5) is 8.81. The molecule has 0 spiro atoms. The molecule has 0 aliphatic rings. The lowest BCUT2D eigenvalue weighted by Crippen LogP contribution is -2.00. The van der Waals surface area contributed by atoms with Gasteiger partial charge in [0.05, 0.1) is 12.4 Å². The maximum atomic E-state index is 6.06. The number of rotatable bonds is 8. The van der Waals surface area contributed by atoms with Crippen LogP contribution in [0.4, 0.5) is 11.5 Å². The van der Waals surface area contributed by atoms with Crippen LogP contribution >= 0.6 is 46.7 Å². The van der Waals surface area contributed by atoms with Gasteiger partial charge in [0.15, 0.2) is 11.3 Å². The smallest absolute Gasteiger partial charge is 0.158 e. The molecule has 0 bridgehead atoms. The molecular weight excluding hydrogens is 617 g/mol. The van der Waals surface area contributed by atoms with Gasteiger partial charge in [0, 0.05) is 46.5 Å². The van der Waals surface area contributed by atoms with Gasteiger partial charge in [-0.3, -0.25) is 0 Å². The molecule has 0 amide bonds. The summed E-state index contributed by atoms with van der Waals surface area (Å²) in [5, 5.41) is 15.2. The maximum absolute atomic E-state index is 6.06. The van der Waals surface area contributed by atoms with Gasteiger partial charge < -0.3 is 5.32 Å². The number of nitrogens with one attached hydrogen (secondary N) is 1. The van der Waals surface area contributed by atoms with Crippen LogP contribution in [0, 0.1) is 0 Å². The minimum Gasteiger partial charge on any atom is -0.340 e. The molecule has 43 heavy (non-hydrogen) atoms. The van der Waals surface area contributed by atoms with Crippen LogP contribution in [0.3, 0.4) is 0 Å². The molecule has 0 aliphatic carbocycles. The number of hydrogen-bond acceptors (Lipinski definition) is 7. The monoisotopic (exact) mass is 641 g/mol. The Morgan fingerprint density at radius 1 is 0.605 bits per heavy atom. The average Bonchev–Trinajstić information content (AvgIpc) is 3.70. The van der Waals surface area contributed by atoms with Gasteiger partial charge in [-0.05, 0) is 29.3 Å². The quantitative estimate of drug-likeness (QED) is 0.131. The van der Waals surface area contributed by atoms with Gasteiger partial charge in [-0.15, -0.1) is 23.5 Å². The number of aromatic nitrogens is 6. The number of fused-ring (bicyclic) bond motifs is 2. The zero-order valence-corrected chi connectivity index (χ0v) is 25.9. The van der Waals surface area contributed by atoms with Gasteiger partial charge in [0.25, 0.3) is 0 Å². The van der Waals surface area contributed by atoms with E-state index in [9.17, 15) is 0 Å². The molecule has 1 N–H and O–H groups in total. The van der Waals surface area contributed by atoms with E-state index in [1.807, 2.05) is 77.3 Å². The predicted octanol–water partition coefficient (Wildman–Crippen LogP) is 9.09. The predicted molar refractivity (Wildman–Crippen MR) is 178 cm³/mol. The first-order valence-corrected chi connectivity index (χ1v) is 16.0. The summed E-state index contributed by atoms with van der Waals surface area (Å²) in [6.07, 6.45) is 3.49. The summed E-state index contributed by atoms with van der Waals surface area (Å²) in [5.74, 6) is 2.53. The lowest BCUT2D eigenvalue weighted by molar-refractivity contribution is 0.843. The normalized spacial score (nSPS) is 10.9. The number of anilines is 2. The fraction of sp³-hybridized carbons (Fsp3) is 0.0625. The number of hydrogen-bond donors (Lipinski definition) is 1. The van der Waals surface area contributed by atoms with Crippen molar-refractivity contribution >= 4 is 69.5 Å². The van der Waals surface area contributed by atoms with Crippen molar-refractivity contribution in [1.82, 2.24) is 29.2 Å². The lowest BCUT2D eigenvalue weighted by atomic mass is 10.2. The first-order chi connectivity index (χ1) is 21.1. The Kier molecular flexibility index (Phi) is 9.44. The Morgan fingerprint density at radius 2 is 1.19 bits per heavy atom. The van der Waals surface area contributed by atoms with E-state index in [1.54, 1.807) is 40.4 Å². The third-order valence-corrected chi connectivity index (χ3v) is 8.74. The fourth-order valence-electron chi connectivity index (χ4n) is 4.19. The lowest BCUT2D eigenvalue weighted by Gasteiger charge is -2.10. The molecule has 4 heterocycles. The summed E-state index contributed by atoms with van der Waals surface area (Å²) < 4.78 is 3.66. The van der Waals surface area contributed by atoms with Crippen LogP contribution in [0.25, 0.3) is 11.3 Å². The van der Waals surface area contributed by atoms with Crippen LogP contribution in [0.15, 0.2) is 132 Å². The second kappa shape index (κ2) is 14.0. The van der Waals surface area contributed by atoms with Crippen molar-refractivity contribution in [2.75, 3.05) is 5.32 Å². The fourth-order valence-corrected chi connectivity index (χ4v) is 6.56. The Balaban J connectivity index is 0.000000162. The van der Waals surface area contributed by atoms with Crippen molar-refractivity contribution in [3.8, 4) is 0 Å². The van der Waals surface area contributed by atoms with E-state index in [2.05, 4.69) is 61.9 Å². The van der Waals surface area contributed by atoms with Crippen LogP contribution in [0.5, 0.6) is 0 Å². The van der Waals surface area contributed by atoms with E-state index >= 15 is 0 Å². The highest BCUT2D eigenvalue weighted by molar-refractivity contribution is 7.98. The van der Waals surface area contributed by atoms with Crippen molar-refractivity contribution in [2.24, 2.45) is 0 Å². The van der Waals surface area contributed by atoms with Crippen molar-refractivity contribution in [1.29, 1.82) is 0 Å². The minimum absolute atomic E-state index is 0.499. The van der Waals surface area contributed by atoms with E-state index < -0.39 is 0 Å². The van der Waals surface area contributed by atoms with Crippen LogP contribution in [0.2, 0.25) is 10.2 Å². The van der Waals surface area contributed by atoms with Gasteiger partial charge in [0.2, 0.25) is 0 Å². The molecule has 0 radical (unpaired) electrons. The second-order valence-corrected chi connectivity index (χ2v) is 12.1. The maximum Gasteiger partial charge on any atom is 0.158 e. The second-order valence-electron chi connectivity index (χ2n) is 9.28. The Morgan fingerprint density at radius 3 is 1.79 bits per heavy atom. The van der Waals surface area contributed by atoms with E-state index in [4.69, 9.17) is 23.2 Å². The Bertz CT molecular complexity index is 1950. The summed E-state index contributed by atoms with van der Waals surface area (Å²) >= 11 is 15.5. The Hall–Kier alpha value is -4.02. The molecule has 0 saturated carbocycles. The zero-order valence-electron chi connectivity index (χ0n) is 22.7. The van der Waals surface area contributed by atoms with Gasteiger partial charge in [-0.25, -0.2) is 19.0 Å². The molecule has 0 aliphatic heterocycles. The van der Waals surface area contributed by atoms with Crippen LogP contribution in [-0.2, 0) is 11.5 Å². The highest BCUT2D eigenvalue weighted by Crippen LogP contribution is 2.28. The minimum atomic E-state index is 0.499. The van der Waals surface area contributed by atoms with Crippen molar-refractivity contribution < 1.29 is 0 Å². The van der Waals surface area contributed by atoms with Crippen LogP contribution in [-0.4, -0.2) is 29.2 Å². The van der Waals surface area contributed by atoms with Gasteiger partial charge >= 0.3 is 0 Å². The highest BCUT2D eigenvalue weighted by atomic mass is 35.5. The largest absolute Gasteiger partial charge is 0.340 e. The van der Waals surface area contributed by atoms with Crippen molar-refractivity contribution in [2.45, 2.75) is 21.6 Å². The molecule has 0 fully saturated rings. The van der Waals surface area contributed by atoms with E-state index in [1.165, 1.54) is 11.1 Å². The van der Waals surface area contributed by atoms with E-state index in [0.29, 0.717) is 10.2 Å². The standard InChI is InChI=1S/C19H15ClN4S.C13H10ClN3S/c20-15-7-4-8-16(11-15)22-17-12-19(24-18(23-17)9-10-21-24)25-13-14-5-2-1-3-6-14;14-11-8-13(17-12(16-11)6-7-15-17)18-9-10-4-2-1-3-5-10/h1-12H,13H2,(H,22,23);1-8H,9H2. The first kappa shape index (κ1) is 29.1. The summed E-state index contributed by atoms with van der Waals surface area (Å²) in [5.41, 5.74) is 5.04. The number of thioether (sulfide) groups is 2. The molecule has 4 aromatic heterocycles. The van der Waals surface area contributed by atoms with Gasteiger partial charge in [0.1, 0.15) is 21.0 Å². The molecule has 3 aromatic carbocycles. The third-order valence-electron chi connectivity index (χ3n) is 6.18. The summed E-state index contributed by atoms with van der Waals surface area (Å²) in [6.45, 7) is 0. The first-order valence-electron chi connectivity index (χ1n) is 13.3. The van der Waals surface area contributed by atoms with Crippen LogP contribution < -0.4 is 5.32 Å². The SMILES string of the molecule is Clc1cc(SCc2ccccc2)n2nccc2n1.Clc1cccc(Nc2cc(SCc3ccccc3)n3nccc3n2)c1. The molecule has 0 unspecified atom stereocenters. The van der Waals surface area contributed by atoms with E-state index in [-0.39, 0.29) is 0 Å². The molecule has 214 valence electrons. The molecule has 7 nitrogen and oxygen atoms in total. The summed E-state index contributed by atoms with van der Waals surface area (Å²) in [6, 6.07) is 35.9. The summed E-state index contributed by atoms with van der Waals surface area (Å²) in [7, 11) is 0. The van der Waals surface area contributed by atoms with E-state index in [0.717, 1.165) is 44.4 Å². The molecular formula is C32H25Cl2N7S2.